The van der Waals surface area contributed by atoms with Crippen LogP contribution in [0.4, 0.5) is 0 Å². The van der Waals surface area contributed by atoms with Gasteiger partial charge in [-0.2, -0.15) is 5.10 Å². The monoisotopic (exact) mass is 395 g/mol. The Hall–Kier alpha value is -2.60. The van der Waals surface area contributed by atoms with Crippen molar-refractivity contribution in [3.05, 3.63) is 69.2 Å². The Kier molecular flexibility index (Phi) is 5.48. The SMILES string of the molecule is Cc1ccn(CC(C)NC(=O)c2cc(COc3ccc4c(c3)CCC4)cs2)n1. The Bertz CT molecular complexity index is 976. The van der Waals surface area contributed by atoms with Gasteiger partial charge >= 0.3 is 0 Å². The standard InChI is InChI=1S/C22H25N3O2S/c1-15-8-9-25(24-15)12-16(2)23-22(26)21-10-17(14-28-21)13-27-20-7-6-18-4-3-5-19(18)11-20/h6-11,14,16H,3-5,12-13H2,1-2H3,(H,23,26). The first-order valence-corrected chi connectivity index (χ1v) is 10.6. The van der Waals surface area contributed by atoms with Crippen molar-refractivity contribution in [3.8, 4) is 5.75 Å². The summed E-state index contributed by atoms with van der Waals surface area (Å²) in [6, 6.07) is 10.2. The molecule has 3 aromatic rings. The van der Waals surface area contributed by atoms with E-state index in [4.69, 9.17) is 4.74 Å². The maximum absolute atomic E-state index is 12.5. The van der Waals surface area contributed by atoms with E-state index in [0.29, 0.717) is 18.0 Å². The van der Waals surface area contributed by atoms with Gasteiger partial charge < -0.3 is 10.1 Å². The number of aryl methyl sites for hydroxylation is 3. The second-order valence-electron chi connectivity index (χ2n) is 7.45. The van der Waals surface area contributed by atoms with Crippen molar-refractivity contribution in [2.75, 3.05) is 0 Å². The normalized spacial score (nSPS) is 13.9. The third-order valence-electron chi connectivity index (χ3n) is 4.97. The Labute approximate surface area is 169 Å². The molecule has 2 heterocycles. The molecule has 1 atom stereocenters. The molecule has 1 N–H and O–H groups in total. The summed E-state index contributed by atoms with van der Waals surface area (Å²) in [7, 11) is 0. The van der Waals surface area contributed by atoms with Crippen molar-refractivity contribution in [3.63, 3.8) is 0 Å². The molecule has 0 bridgehead atoms. The number of nitrogens with zero attached hydrogens (tertiary/aromatic N) is 2. The fourth-order valence-corrected chi connectivity index (χ4v) is 4.36. The Balaban J connectivity index is 1.30. The highest BCUT2D eigenvalue weighted by Crippen LogP contribution is 2.26. The number of hydrogen-bond acceptors (Lipinski definition) is 4. The second-order valence-corrected chi connectivity index (χ2v) is 8.36. The van der Waals surface area contributed by atoms with Crippen molar-refractivity contribution in [2.45, 2.75) is 52.3 Å². The summed E-state index contributed by atoms with van der Waals surface area (Å²) in [6.07, 6.45) is 5.49. The minimum atomic E-state index is -0.0508. The van der Waals surface area contributed by atoms with Crippen LogP contribution in [0.25, 0.3) is 0 Å². The predicted molar refractivity (Wildman–Crippen MR) is 111 cm³/mol. The molecule has 1 amide bonds. The first-order valence-electron chi connectivity index (χ1n) is 9.70. The van der Waals surface area contributed by atoms with E-state index in [1.807, 2.05) is 48.3 Å². The lowest BCUT2D eigenvalue weighted by atomic mass is 10.1. The van der Waals surface area contributed by atoms with Gasteiger partial charge in [0, 0.05) is 17.8 Å². The van der Waals surface area contributed by atoms with Crippen LogP contribution in [0.15, 0.2) is 41.9 Å². The van der Waals surface area contributed by atoms with E-state index in [1.165, 1.54) is 35.3 Å². The number of hydrogen-bond donors (Lipinski definition) is 1. The predicted octanol–water partition coefficient (Wildman–Crippen LogP) is 4.14. The number of nitrogens with one attached hydrogen (secondary N) is 1. The lowest BCUT2D eigenvalue weighted by Crippen LogP contribution is -2.35. The molecule has 2 aromatic heterocycles. The maximum Gasteiger partial charge on any atom is 0.261 e. The number of carbonyl (C=O) groups is 1. The minimum absolute atomic E-state index is 0.0000128. The molecule has 0 saturated heterocycles. The summed E-state index contributed by atoms with van der Waals surface area (Å²) in [6.45, 7) is 5.07. The van der Waals surface area contributed by atoms with Crippen LogP contribution < -0.4 is 10.1 Å². The van der Waals surface area contributed by atoms with E-state index in [-0.39, 0.29) is 11.9 Å². The summed E-state index contributed by atoms with van der Waals surface area (Å²) in [4.78, 5) is 13.2. The number of ether oxygens (including phenoxy) is 1. The molecule has 6 heteroatoms. The van der Waals surface area contributed by atoms with E-state index < -0.39 is 0 Å². The van der Waals surface area contributed by atoms with Crippen molar-refractivity contribution >= 4 is 17.2 Å². The van der Waals surface area contributed by atoms with Crippen LogP contribution in [0.3, 0.4) is 0 Å². The molecule has 0 radical (unpaired) electrons. The van der Waals surface area contributed by atoms with E-state index in [0.717, 1.165) is 23.4 Å². The van der Waals surface area contributed by atoms with Gasteiger partial charge in [-0.15, -0.1) is 11.3 Å². The third-order valence-corrected chi connectivity index (χ3v) is 5.94. The highest BCUT2D eigenvalue weighted by atomic mass is 32.1. The zero-order chi connectivity index (χ0) is 19.5. The second kappa shape index (κ2) is 8.19. The first-order chi connectivity index (χ1) is 13.6. The van der Waals surface area contributed by atoms with Crippen LogP contribution in [-0.4, -0.2) is 21.7 Å². The Morgan fingerprint density at radius 3 is 2.96 bits per heavy atom. The molecule has 0 saturated carbocycles. The Morgan fingerprint density at radius 1 is 1.29 bits per heavy atom. The molecule has 1 aliphatic rings. The number of carbonyl (C=O) groups excluding carboxylic acids is 1. The van der Waals surface area contributed by atoms with E-state index in [2.05, 4.69) is 22.5 Å². The molecule has 28 heavy (non-hydrogen) atoms. The van der Waals surface area contributed by atoms with Crippen LogP contribution in [0, 0.1) is 6.92 Å². The highest BCUT2D eigenvalue weighted by Gasteiger charge is 2.14. The van der Waals surface area contributed by atoms with Gasteiger partial charge in [0.25, 0.3) is 5.91 Å². The lowest BCUT2D eigenvalue weighted by Gasteiger charge is -2.13. The van der Waals surface area contributed by atoms with Crippen molar-refractivity contribution in [1.29, 1.82) is 0 Å². The van der Waals surface area contributed by atoms with Crippen LogP contribution in [0.2, 0.25) is 0 Å². The minimum Gasteiger partial charge on any atom is -0.489 e. The van der Waals surface area contributed by atoms with E-state index in [1.54, 1.807) is 0 Å². The van der Waals surface area contributed by atoms with E-state index >= 15 is 0 Å². The topological polar surface area (TPSA) is 56.2 Å². The third kappa shape index (κ3) is 4.44. The molecular weight excluding hydrogens is 370 g/mol. The summed E-state index contributed by atoms with van der Waals surface area (Å²) < 4.78 is 7.79. The fraction of sp³-hybridized carbons (Fsp3) is 0.364. The number of rotatable bonds is 7. The van der Waals surface area contributed by atoms with Crippen LogP contribution >= 0.6 is 11.3 Å². The van der Waals surface area contributed by atoms with Gasteiger partial charge in [-0.3, -0.25) is 9.48 Å². The fourth-order valence-electron chi connectivity index (χ4n) is 3.56. The quantitative estimate of drug-likeness (QED) is 0.654. The Morgan fingerprint density at radius 2 is 2.14 bits per heavy atom. The highest BCUT2D eigenvalue weighted by molar-refractivity contribution is 7.12. The van der Waals surface area contributed by atoms with Gasteiger partial charge in [0.05, 0.1) is 17.1 Å². The van der Waals surface area contributed by atoms with Gasteiger partial charge in [-0.05, 0) is 73.9 Å². The molecule has 5 nitrogen and oxygen atoms in total. The number of amides is 1. The van der Waals surface area contributed by atoms with E-state index in [9.17, 15) is 4.79 Å². The lowest BCUT2D eigenvalue weighted by molar-refractivity contribution is 0.0940. The molecular formula is C22H25N3O2S. The average molecular weight is 396 g/mol. The number of fused-ring (bicyclic) bond motifs is 1. The molecule has 0 fully saturated rings. The van der Waals surface area contributed by atoms with Gasteiger partial charge in [-0.1, -0.05) is 6.07 Å². The van der Waals surface area contributed by atoms with Gasteiger partial charge in [0.1, 0.15) is 12.4 Å². The van der Waals surface area contributed by atoms with Crippen molar-refractivity contribution in [2.24, 2.45) is 0 Å². The summed E-state index contributed by atoms with van der Waals surface area (Å²) >= 11 is 1.45. The number of thiophene rings is 1. The first kappa shape index (κ1) is 18.7. The molecule has 0 spiro atoms. The van der Waals surface area contributed by atoms with Crippen molar-refractivity contribution < 1.29 is 9.53 Å². The summed E-state index contributed by atoms with van der Waals surface area (Å²) in [5.74, 6) is 0.853. The van der Waals surface area contributed by atoms with Crippen LogP contribution in [0.1, 0.15) is 45.4 Å². The largest absolute Gasteiger partial charge is 0.489 e. The zero-order valence-corrected chi connectivity index (χ0v) is 17.1. The molecule has 4 rings (SSSR count). The zero-order valence-electron chi connectivity index (χ0n) is 16.3. The van der Waals surface area contributed by atoms with Gasteiger partial charge in [0.15, 0.2) is 0 Å². The molecule has 0 aliphatic heterocycles. The molecule has 1 unspecified atom stereocenters. The summed E-state index contributed by atoms with van der Waals surface area (Å²) in [5, 5.41) is 9.39. The number of benzene rings is 1. The summed E-state index contributed by atoms with van der Waals surface area (Å²) in [5.41, 5.74) is 4.85. The molecule has 1 aromatic carbocycles. The molecule has 1 aliphatic carbocycles. The number of aromatic nitrogens is 2. The maximum atomic E-state index is 12.5. The van der Waals surface area contributed by atoms with Crippen LogP contribution in [0.5, 0.6) is 5.75 Å². The van der Waals surface area contributed by atoms with Gasteiger partial charge in [-0.25, -0.2) is 0 Å². The van der Waals surface area contributed by atoms with Gasteiger partial charge in [0.2, 0.25) is 0 Å². The smallest absolute Gasteiger partial charge is 0.261 e. The average Bonchev–Trinajstić information content (AvgIpc) is 3.40. The molecule has 146 valence electrons. The van der Waals surface area contributed by atoms with Crippen LogP contribution in [-0.2, 0) is 26.0 Å². The van der Waals surface area contributed by atoms with Crippen molar-refractivity contribution in [1.82, 2.24) is 15.1 Å².